The molecule has 0 aromatic heterocycles. The summed E-state index contributed by atoms with van der Waals surface area (Å²) in [5, 5.41) is 3.53. The molecule has 50 heavy (non-hydrogen) atoms. The summed E-state index contributed by atoms with van der Waals surface area (Å²) < 4.78 is 68.4. The van der Waals surface area contributed by atoms with Gasteiger partial charge in [-0.05, 0) is 83.5 Å². The number of carbonyl (C=O) groups is 4. The Kier molecular flexibility index (Phi) is 11.0. The lowest BCUT2D eigenvalue weighted by Gasteiger charge is -2.29. The van der Waals surface area contributed by atoms with Crippen LogP contribution in [0.2, 0.25) is 10.0 Å². The van der Waals surface area contributed by atoms with Crippen molar-refractivity contribution in [2.45, 2.75) is 63.0 Å². The molecule has 4 rings (SSSR count). The Balaban J connectivity index is 1.63. The normalized spacial score (nSPS) is 16.7. The molecule has 0 saturated heterocycles. The smallest absolute Gasteiger partial charge is 0.424 e. The van der Waals surface area contributed by atoms with E-state index in [1.54, 1.807) is 0 Å². The van der Waals surface area contributed by atoms with Crippen LogP contribution in [0, 0.1) is 29.2 Å². The summed E-state index contributed by atoms with van der Waals surface area (Å²) in [6.07, 6.45) is -2.97. The number of carbonyl (C=O) groups excluding carboxylic acids is 4. The third kappa shape index (κ3) is 8.56. The van der Waals surface area contributed by atoms with Crippen LogP contribution in [0.1, 0.15) is 63.4 Å². The summed E-state index contributed by atoms with van der Waals surface area (Å²) in [7, 11) is 0. The molecule has 17 heteroatoms. The van der Waals surface area contributed by atoms with Gasteiger partial charge in [0.15, 0.2) is 11.6 Å². The number of rotatable bonds is 6. The Morgan fingerprint density at radius 3 is 1.88 bits per heavy atom. The topological polar surface area (TPSA) is 114 Å². The number of halogens is 8. The van der Waals surface area contributed by atoms with E-state index in [4.69, 9.17) is 55.9 Å². The van der Waals surface area contributed by atoms with Crippen LogP contribution in [0.3, 0.4) is 0 Å². The van der Waals surface area contributed by atoms with Gasteiger partial charge in [0.1, 0.15) is 32.9 Å². The lowest BCUT2D eigenvalue weighted by Crippen LogP contribution is -2.44. The van der Waals surface area contributed by atoms with Crippen molar-refractivity contribution in [1.29, 1.82) is 0 Å². The molecule has 0 bridgehead atoms. The third-order valence-corrected chi connectivity index (χ3v) is 8.48. The molecule has 3 aromatic carbocycles. The number of hydrogen-bond donors (Lipinski definition) is 2. The van der Waals surface area contributed by atoms with Crippen molar-refractivity contribution in [3.05, 3.63) is 86.9 Å². The summed E-state index contributed by atoms with van der Waals surface area (Å²) in [6, 6.07) is 6.88. The van der Waals surface area contributed by atoms with Crippen LogP contribution >= 0.6 is 46.4 Å². The van der Waals surface area contributed by atoms with E-state index >= 15 is 8.78 Å². The van der Waals surface area contributed by atoms with E-state index in [0.29, 0.717) is 11.6 Å². The standard InChI is InChI=1S/C33H29Cl4F4N3O6/c1-31(2,3)49-29(47)44(30(48)50-32(4,5)6)26-19(39)9-10-21(25(26)41)43-27(45)16-12-15(13-20(40)24(16)35)42-28(46)23-22(33(23,36)37)14-7-8-18(38)17(34)11-14/h7-13,22-23H,1-6H3,(H,42,46)(H,43,45). The minimum Gasteiger partial charge on any atom is -0.443 e. The quantitative estimate of drug-likeness (QED) is 0.190. The van der Waals surface area contributed by atoms with Crippen molar-refractivity contribution >= 4 is 87.5 Å². The summed E-state index contributed by atoms with van der Waals surface area (Å²) in [5.41, 5.74) is -4.94. The van der Waals surface area contributed by atoms with Crippen molar-refractivity contribution in [2.75, 3.05) is 15.5 Å². The molecule has 0 heterocycles. The zero-order chi connectivity index (χ0) is 37.7. The second-order valence-electron chi connectivity index (χ2n) is 13.1. The highest BCUT2D eigenvalue weighted by atomic mass is 35.5. The number of amides is 4. The van der Waals surface area contributed by atoms with Gasteiger partial charge in [-0.1, -0.05) is 29.3 Å². The second-order valence-corrected chi connectivity index (χ2v) is 15.3. The molecule has 0 spiro atoms. The molecule has 3 aromatic rings. The van der Waals surface area contributed by atoms with Gasteiger partial charge in [0.25, 0.3) is 5.91 Å². The van der Waals surface area contributed by atoms with Gasteiger partial charge in [0, 0.05) is 11.6 Å². The zero-order valence-electron chi connectivity index (χ0n) is 27.1. The maximum Gasteiger partial charge on any atom is 0.424 e. The van der Waals surface area contributed by atoms with Crippen LogP contribution in [0.25, 0.3) is 0 Å². The molecule has 2 unspecified atom stereocenters. The van der Waals surface area contributed by atoms with Crippen molar-refractivity contribution in [2.24, 2.45) is 5.92 Å². The lowest BCUT2D eigenvalue weighted by molar-refractivity contribution is -0.117. The van der Waals surface area contributed by atoms with Crippen LogP contribution in [0.5, 0.6) is 0 Å². The van der Waals surface area contributed by atoms with E-state index in [1.807, 2.05) is 0 Å². The third-order valence-electron chi connectivity index (χ3n) is 6.87. The fourth-order valence-electron chi connectivity index (χ4n) is 4.72. The van der Waals surface area contributed by atoms with Crippen molar-refractivity contribution in [1.82, 2.24) is 0 Å². The summed E-state index contributed by atoms with van der Waals surface area (Å²) in [4.78, 5) is 52.5. The first kappa shape index (κ1) is 39.0. The SMILES string of the molecule is CC(C)(C)OC(=O)N(C(=O)OC(C)(C)C)c1c(F)ccc(NC(=O)c2cc(NC(=O)C3C(c4ccc(F)c(Cl)c4)C3(Cl)Cl)cc(F)c2Cl)c1F. The van der Waals surface area contributed by atoms with E-state index in [1.165, 1.54) is 53.7 Å². The fourth-order valence-corrected chi connectivity index (χ4v) is 5.94. The molecule has 1 fully saturated rings. The van der Waals surface area contributed by atoms with Gasteiger partial charge in [-0.25, -0.2) is 27.2 Å². The molecule has 1 aliphatic carbocycles. The summed E-state index contributed by atoms with van der Waals surface area (Å²) >= 11 is 24.6. The van der Waals surface area contributed by atoms with Gasteiger partial charge in [-0.15, -0.1) is 23.2 Å². The van der Waals surface area contributed by atoms with E-state index in [0.717, 1.165) is 24.3 Å². The largest absolute Gasteiger partial charge is 0.443 e. The number of imide groups is 1. The molecule has 4 amide bonds. The number of anilines is 3. The van der Waals surface area contributed by atoms with E-state index in [9.17, 15) is 28.0 Å². The Morgan fingerprint density at radius 2 is 1.34 bits per heavy atom. The lowest BCUT2D eigenvalue weighted by atomic mass is 10.1. The van der Waals surface area contributed by atoms with Gasteiger partial charge >= 0.3 is 12.2 Å². The minimum atomic E-state index is -1.64. The van der Waals surface area contributed by atoms with Gasteiger partial charge in [-0.2, -0.15) is 4.90 Å². The summed E-state index contributed by atoms with van der Waals surface area (Å²) in [6.45, 7) is 8.71. The molecule has 9 nitrogen and oxygen atoms in total. The highest BCUT2D eigenvalue weighted by Crippen LogP contribution is 2.65. The van der Waals surface area contributed by atoms with E-state index < -0.39 is 96.6 Å². The summed E-state index contributed by atoms with van der Waals surface area (Å²) in [5.74, 6) is -8.83. The number of benzene rings is 3. The molecule has 1 saturated carbocycles. The number of nitrogens with one attached hydrogen (secondary N) is 2. The zero-order valence-corrected chi connectivity index (χ0v) is 30.1. The van der Waals surface area contributed by atoms with Crippen LogP contribution in [-0.2, 0) is 14.3 Å². The van der Waals surface area contributed by atoms with E-state index in [-0.39, 0.29) is 15.6 Å². The second kappa shape index (κ2) is 14.1. The number of hydrogen-bond acceptors (Lipinski definition) is 6. The first-order valence-electron chi connectivity index (χ1n) is 14.6. The maximum absolute atomic E-state index is 15.9. The van der Waals surface area contributed by atoms with Crippen molar-refractivity contribution in [3.8, 4) is 0 Å². The molecule has 0 aliphatic heterocycles. The Bertz CT molecular complexity index is 1870. The van der Waals surface area contributed by atoms with E-state index in [2.05, 4.69) is 10.6 Å². The van der Waals surface area contributed by atoms with Crippen LogP contribution in [0.15, 0.2) is 42.5 Å². The van der Waals surface area contributed by atoms with Crippen molar-refractivity contribution in [3.63, 3.8) is 0 Å². The molecule has 2 N–H and O–H groups in total. The average Bonchev–Trinajstić information content (AvgIpc) is 3.55. The number of nitrogens with zero attached hydrogens (tertiary/aromatic N) is 1. The van der Waals surface area contributed by atoms with Gasteiger partial charge in [0.2, 0.25) is 5.91 Å². The van der Waals surface area contributed by atoms with Crippen molar-refractivity contribution < 1.29 is 46.2 Å². The molecular formula is C33H29Cl4F4N3O6. The first-order chi connectivity index (χ1) is 22.9. The highest BCUT2D eigenvalue weighted by Gasteiger charge is 2.67. The monoisotopic (exact) mass is 779 g/mol. The maximum atomic E-state index is 15.9. The highest BCUT2D eigenvalue weighted by molar-refractivity contribution is 6.53. The minimum absolute atomic E-state index is 0.00155. The predicted molar refractivity (Wildman–Crippen MR) is 181 cm³/mol. The fraction of sp³-hybridized carbons (Fsp3) is 0.333. The molecule has 2 atom stereocenters. The predicted octanol–water partition coefficient (Wildman–Crippen LogP) is 10.0. The van der Waals surface area contributed by atoms with Crippen LogP contribution < -0.4 is 15.5 Å². The van der Waals surface area contributed by atoms with Gasteiger partial charge in [0.05, 0.1) is 27.2 Å². The number of alkyl halides is 2. The molecule has 1 aliphatic rings. The molecule has 0 radical (unpaired) electrons. The van der Waals surface area contributed by atoms with Crippen LogP contribution in [0.4, 0.5) is 44.2 Å². The van der Waals surface area contributed by atoms with Crippen LogP contribution in [-0.4, -0.2) is 39.5 Å². The molecular weight excluding hydrogens is 752 g/mol. The first-order valence-corrected chi connectivity index (χ1v) is 16.1. The Morgan fingerprint density at radius 1 is 0.780 bits per heavy atom. The Hall–Kier alpha value is -3.78. The number of ether oxygens (including phenoxy) is 2. The van der Waals surface area contributed by atoms with Gasteiger partial charge in [-0.3, -0.25) is 9.59 Å². The van der Waals surface area contributed by atoms with Gasteiger partial charge < -0.3 is 20.1 Å². The Labute approximate surface area is 304 Å². The molecule has 268 valence electrons. The average molecular weight is 781 g/mol.